The second kappa shape index (κ2) is 6.16. The molecule has 5 heteroatoms. The topological polar surface area (TPSA) is 69.6 Å². The molecule has 114 valence electrons. The maximum Gasteiger partial charge on any atom is 0.326 e. The van der Waals surface area contributed by atoms with Crippen LogP contribution >= 0.6 is 0 Å². The number of aliphatic carboxylic acids is 1. The first-order chi connectivity index (χ1) is 9.90. The summed E-state index contributed by atoms with van der Waals surface area (Å²) in [6, 6.07) is 6.57. The molecule has 0 bridgehead atoms. The molecule has 1 aromatic carbocycles. The molecule has 1 heterocycles. The lowest BCUT2D eigenvalue weighted by Crippen LogP contribution is -2.54. The fourth-order valence-electron chi connectivity index (χ4n) is 2.40. The van der Waals surface area contributed by atoms with Crippen LogP contribution in [0.25, 0.3) is 0 Å². The van der Waals surface area contributed by atoms with Crippen LogP contribution in [0.4, 0.5) is 4.79 Å². The summed E-state index contributed by atoms with van der Waals surface area (Å²) in [6.45, 7) is 6.30. The van der Waals surface area contributed by atoms with Crippen molar-refractivity contribution < 1.29 is 14.7 Å². The normalized spacial score (nSPS) is 19.0. The number of carboxylic acids is 1. The monoisotopic (exact) mass is 290 g/mol. The Bertz CT molecular complexity index is 542. The summed E-state index contributed by atoms with van der Waals surface area (Å²) in [6.07, 6.45) is 0.356. The van der Waals surface area contributed by atoms with Crippen molar-refractivity contribution in [3.63, 3.8) is 0 Å². The molecule has 0 spiro atoms. The molecule has 21 heavy (non-hydrogen) atoms. The van der Waals surface area contributed by atoms with E-state index in [2.05, 4.69) is 5.32 Å². The zero-order chi connectivity index (χ0) is 15.6. The van der Waals surface area contributed by atoms with Crippen molar-refractivity contribution in [2.75, 3.05) is 0 Å². The lowest BCUT2D eigenvalue weighted by Gasteiger charge is -2.35. The van der Waals surface area contributed by atoms with Crippen molar-refractivity contribution in [2.45, 2.75) is 45.8 Å². The van der Waals surface area contributed by atoms with Crippen molar-refractivity contribution in [3.05, 3.63) is 35.4 Å². The van der Waals surface area contributed by atoms with Gasteiger partial charge in [0, 0.05) is 19.0 Å². The molecule has 0 saturated carbocycles. The first-order valence-corrected chi connectivity index (χ1v) is 7.27. The molecule has 1 aromatic rings. The Labute approximate surface area is 125 Å². The molecular weight excluding hydrogens is 268 g/mol. The standard InChI is InChI=1S/C16H22N2O3/c1-10(2)11(3)17-16(21)18-9-13-7-5-4-6-12(13)8-14(18)15(19)20/h4-7,10-11,14H,8-9H2,1-3H3,(H,17,21)(H,19,20)/t11?,14-/m0/s1. The summed E-state index contributed by atoms with van der Waals surface area (Å²) < 4.78 is 0. The highest BCUT2D eigenvalue weighted by atomic mass is 16.4. The highest BCUT2D eigenvalue weighted by Gasteiger charge is 2.34. The summed E-state index contributed by atoms with van der Waals surface area (Å²) >= 11 is 0. The van der Waals surface area contributed by atoms with Crippen LogP contribution in [0, 0.1) is 5.92 Å². The van der Waals surface area contributed by atoms with Crippen molar-refractivity contribution >= 4 is 12.0 Å². The first-order valence-electron chi connectivity index (χ1n) is 7.27. The Morgan fingerprint density at radius 3 is 2.43 bits per heavy atom. The van der Waals surface area contributed by atoms with E-state index in [9.17, 15) is 14.7 Å². The number of rotatable bonds is 3. The van der Waals surface area contributed by atoms with Gasteiger partial charge in [0.15, 0.2) is 0 Å². The average molecular weight is 290 g/mol. The van der Waals surface area contributed by atoms with E-state index in [4.69, 9.17) is 0 Å². The minimum absolute atomic E-state index is 0.00381. The third-order valence-corrected chi connectivity index (χ3v) is 4.15. The van der Waals surface area contributed by atoms with Crippen molar-refractivity contribution in [1.82, 2.24) is 10.2 Å². The highest BCUT2D eigenvalue weighted by Crippen LogP contribution is 2.23. The zero-order valence-corrected chi connectivity index (χ0v) is 12.7. The molecular formula is C16H22N2O3. The van der Waals surface area contributed by atoms with Crippen LogP contribution in [-0.2, 0) is 17.8 Å². The molecule has 0 aromatic heterocycles. The number of nitrogens with one attached hydrogen (secondary N) is 1. The largest absolute Gasteiger partial charge is 0.480 e. The quantitative estimate of drug-likeness (QED) is 0.897. The number of hydrogen-bond donors (Lipinski definition) is 2. The molecule has 0 radical (unpaired) electrons. The van der Waals surface area contributed by atoms with Gasteiger partial charge in [-0.1, -0.05) is 38.1 Å². The van der Waals surface area contributed by atoms with Crippen LogP contribution in [0.1, 0.15) is 31.9 Å². The van der Waals surface area contributed by atoms with Gasteiger partial charge in [-0.05, 0) is 24.0 Å². The molecule has 2 N–H and O–H groups in total. The highest BCUT2D eigenvalue weighted by molar-refractivity contribution is 5.83. The second-order valence-corrected chi connectivity index (χ2v) is 5.94. The SMILES string of the molecule is CC(C)C(C)NC(=O)N1Cc2ccccc2C[C@H]1C(=O)O. The van der Waals surface area contributed by atoms with Gasteiger partial charge in [0.1, 0.15) is 6.04 Å². The molecule has 1 unspecified atom stereocenters. The minimum Gasteiger partial charge on any atom is -0.480 e. The number of fused-ring (bicyclic) bond motifs is 1. The number of amides is 2. The van der Waals surface area contributed by atoms with Crippen molar-refractivity contribution in [2.24, 2.45) is 5.92 Å². The molecule has 0 fully saturated rings. The zero-order valence-electron chi connectivity index (χ0n) is 12.7. The third kappa shape index (κ3) is 3.35. The summed E-state index contributed by atoms with van der Waals surface area (Å²) in [5.74, 6) is -0.661. The van der Waals surface area contributed by atoms with Crippen LogP contribution in [0.5, 0.6) is 0 Å². The number of carbonyl (C=O) groups is 2. The number of hydrogen-bond acceptors (Lipinski definition) is 2. The third-order valence-electron chi connectivity index (χ3n) is 4.15. The molecule has 1 aliphatic heterocycles. The Balaban J connectivity index is 2.20. The molecule has 0 saturated heterocycles. The summed E-state index contributed by atoms with van der Waals surface area (Å²) in [4.78, 5) is 25.3. The van der Waals surface area contributed by atoms with Gasteiger partial charge in [0.2, 0.25) is 0 Å². The predicted octanol–water partition coefficient (Wildman–Crippen LogP) is 2.25. The van der Waals surface area contributed by atoms with Gasteiger partial charge in [0.05, 0.1) is 0 Å². The Morgan fingerprint density at radius 2 is 1.86 bits per heavy atom. The summed E-state index contributed by atoms with van der Waals surface area (Å²) in [5.41, 5.74) is 2.02. The first kappa shape index (κ1) is 15.4. The number of carboxylic acid groups (broad SMARTS) is 1. The number of urea groups is 1. The van der Waals surface area contributed by atoms with Gasteiger partial charge in [-0.25, -0.2) is 9.59 Å². The van der Waals surface area contributed by atoms with E-state index in [0.717, 1.165) is 11.1 Å². The van der Waals surface area contributed by atoms with E-state index >= 15 is 0 Å². The number of benzene rings is 1. The molecule has 5 nitrogen and oxygen atoms in total. The van der Waals surface area contributed by atoms with Crippen LogP contribution in [0.2, 0.25) is 0 Å². The van der Waals surface area contributed by atoms with Gasteiger partial charge in [-0.15, -0.1) is 0 Å². The fraction of sp³-hybridized carbons (Fsp3) is 0.500. The van der Waals surface area contributed by atoms with Crippen molar-refractivity contribution in [3.8, 4) is 0 Å². The van der Waals surface area contributed by atoms with Gasteiger partial charge >= 0.3 is 12.0 Å². The van der Waals surface area contributed by atoms with E-state index in [1.54, 1.807) is 0 Å². The van der Waals surface area contributed by atoms with Crippen LogP contribution < -0.4 is 5.32 Å². The molecule has 2 rings (SSSR count). The molecule has 0 aliphatic carbocycles. The van der Waals surface area contributed by atoms with Crippen LogP contribution in [-0.4, -0.2) is 34.1 Å². The maximum atomic E-state index is 12.4. The van der Waals surface area contributed by atoms with E-state index in [1.807, 2.05) is 45.0 Å². The Morgan fingerprint density at radius 1 is 1.24 bits per heavy atom. The second-order valence-electron chi connectivity index (χ2n) is 5.94. The van der Waals surface area contributed by atoms with Gasteiger partial charge in [-0.2, -0.15) is 0 Å². The van der Waals surface area contributed by atoms with E-state index in [0.29, 0.717) is 18.9 Å². The fourth-order valence-corrected chi connectivity index (χ4v) is 2.40. The van der Waals surface area contributed by atoms with Gasteiger partial charge in [0.25, 0.3) is 0 Å². The van der Waals surface area contributed by atoms with Gasteiger partial charge < -0.3 is 15.3 Å². The minimum atomic E-state index is -0.961. The number of nitrogens with zero attached hydrogens (tertiary/aromatic N) is 1. The summed E-state index contributed by atoms with van der Waals surface area (Å²) in [7, 11) is 0. The maximum absolute atomic E-state index is 12.4. The van der Waals surface area contributed by atoms with Crippen LogP contribution in [0.3, 0.4) is 0 Å². The Kier molecular flexibility index (Phi) is 4.50. The number of carbonyl (C=O) groups excluding carboxylic acids is 1. The average Bonchev–Trinajstić information content (AvgIpc) is 2.45. The van der Waals surface area contributed by atoms with E-state index in [1.165, 1.54) is 4.90 Å². The predicted molar refractivity (Wildman–Crippen MR) is 79.9 cm³/mol. The van der Waals surface area contributed by atoms with Crippen molar-refractivity contribution in [1.29, 1.82) is 0 Å². The van der Waals surface area contributed by atoms with E-state index in [-0.39, 0.29) is 12.1 Å². The molecule has 2 amide bonds. The van der Waals surface area contributed by atoms with Crippen LogP contribution in [0.15, 0.2) is 24.3 Å². The summed E-state index contributed by atoms with van der Waals surface area (Å²) in [5, 5.41) is 12.3. The lowest BCUT2D eigenvalue weighted by molar-refractivity contribution is -0.142. The van der Waals surface area contributed by atoms with E-state index < -0.39 is 12.0 Å². The lowest BCUT2D eigenvalue weighted by atomic mass is 9.94. The Hall–Kier alpha value is -2.04. The van der Waals surface area contributed by atoms with Gasteiger partial charge in [-0.3, -0.25) is 0 Å². The molecule has 2 atom stereocenters. The smallest absolute Gasteiger partial charge is 0.326 e. The molecule has 1 aliphatic rings.